The van der Waals surface area contributed by atoms with Crippen molar-refractivity contribution in [2.24, 2.45) is 0 Å². The predicted octanol–water partition coefficient (Wildman–Crippen LogP) is 4.60. The molecule has 0 bridgehead atoms. The fraction of sp³-hybridized carbons (Fsp3) is 0.667. The van der Waals surface area contributed by atoms with Gasteiger partial charge in [-0.3, -0.25) is 0 Å². The fourth-order valence-electron chi connectivity index (χ4n) is 2.38. The highest BCUT2D eigenvalue weighted by molar-refractivity contribution is 6.74. The van der Waals surface area contributed by atoms with Crippen LogP contribution in [0, 0.1) is 0 Å². The van der Waals surface area contributed by atoms with Gasteiger partial charge < -0.3 is 23.4 Å². The van der Waals surface area contributed by atoms with Crippen LogP contribution in [0.15, 0.2) is 24.3 Å². The molecular formula is C21H36O5Si. The van der Waals surface area contributed by atoms with E-state index in [0.29, 0.717) is 26.1 Å². The van der Waals surface area contributed by atoms with Crippen LogP contribution in [0.5, 0.6) is 5.75 Å². The second-order valence-corrected chi connectivity index (χ2v) is 13.1. The maximum Gasteiger partial charge on any atom is 0.192 e. The van der Waals surface area contributed by atoms with Gasteiger partial charge in [0.25, 0.3) is 0 Å². The molecule has 0 unspecified atom stereocenters. The average Bonchev–Trinajstić information content (AvgIpc) is 2.63. The normalized spacial score (nSPS) is 14.6. The topological polar surface area (TPSA) is 54.0 Å². The fourth-order valence-corrected chi connectivity index (χ4v) is 3.40. The standard InChI is InChI=1S/C21H36O5Si/c1-21(2,3)27(6,7)26-16-20(19(24-5)9-8-14-22)25-15-17-10-12-18(23-4)13-11-17/h10-14,19-20H,8-9,15-16H2,1-7H3/t19-,20+/m0/s1. The lowest BCUT2D eigenvalue weighted by molar-refractivity contribution is -0.111. The van der Waals surface area contributed by atoms with Crippen LogP contribution < -0.4 is 4.74 Å². The molecule has 0 aromatic heterocycles. The van der Waals surface area contributed by atoms with Gasteiger partial charge in [0.1, 0.15) is 18.1 Å². The zero-order chi connectivity index (χ0) is 20.5. The van der Waals surface area contributed by atoms with Crippen LogP contribution >= 0.6 is 0 Å². The van der Waals surface area contributed by atoms with Crippen molar-refractivity contribution in [1.29, 1.82) is 0 Å². The molecule has 0 aliphatic rings. The Kier molecular flexibility index (Phi) is 9.66. The molecule has 2 atom stereocenters. The first-order valence-electron chi connectivity index (χ1n) is 9.49. The van der Waals surface area contributed by atoms with Gasteiger partial charge in [0.15, 0.2) is 8.32 Å². The van der Waals surface area contributed by atoms with Crippen molar-refractivity contribution < 1.29 is 23.4 Å². The summed E-state index contributed by atoms with van der Waals surface area (Å²) in [5, 5.41) is 0.124. The van der Waals surface area contributed by atoms with Crippen LogP contribution in [0.2, 0.25) is 18.1 Å². The molecule has 0 heterocycles. The van der Waals surface area contributed by atoms with E-state index in [1.807, 2.05) is 24.3 Å². The molecular weight excluding hydrogens is 360 g/mol. The monoisotopic (exact) mass is 396 g/mol. The quantitative estimate of drug-likeness (QED) is 0.382. The molecule has 5 nitrogen and oxygen atoms in total. The number of benzene rings is 1. The Bertz CT molecular complexity index is 551. The maximum atomic E-state index is 10.8. The van der Waals surface area contributed by atoms with E-state index in [0.717, 1.165) is 17.6 Å². The molecule has 0 N–H and O–H groups in total. The highest BCUT2D eigenvalue weighted by Crippen LogP contribution is 2.36. The summed E-state index contributed by atoms with van der Waals surface area (Å²) >= 11 is 0. The molecule has 1 aromatic carbocycles. The van der Waals surface area contributed by atoms with Gasteiger partial charge in [-0.25, -0.2) is 0 Å². The third-order valence-corrected chi connectivity index (χ3v) is 9.82. The first kappa shape index (κ1) is 23.8. The van der Waals surface area contributed by atoms with Crippen molar-refractivity contribution in [1.82, 2.24) is 0 Å². The molecule has 27 heavy (non-hydrogen) atoms. The Morgan fingerprint density at radius 2 is 1.70 bits per heavy atom. The number of carbonyl (C=O) groups excluding carboxylic acids is 1. The highest BCUT2D eigenvalue weighted by atomic mass is 28.4. The number of ether oxygens (including phenoxy) is 3. The highest BCUT2D eigenvalue weighted by Gasteiger charge is 2.38. The van der Waals surface area contributed by atoms with Crippen molar-refractivity contribution in [2.75, 3.05) is 20.8 Å². The van der Waals surface area contributed by atoms with Gasteiger partial charge in [0.2, 0.25) is 0 Å². The Hall–Kier alpha value is -1.21. The summed E-state index contributed by atoms with van der Waals surface area (Å²) in [6, 6.07) is 7.80. The summed E-state index contributed by atoms with van der Waals surface area (Å²) in [6.45, 7) is 12.0. The molecule has 6 heteroatoms. The average molecular weight is 397 g/mol. The van der Waals surface area contributed by atoms with Crippen LogP contribution in [0.3, 0.4) is 0 Å². The van der Waals surface area contributed by atoms with E-state index in [4.69, 9.17) is 18.6 Å². The van der Waals surface area contributed by atoms with E-state index in [2.05, 4.69) is 33.9 Å². The Morgan fingerprint density at radius 1 is 1.07 bits per heavy atom. The summed E-state index contributed by atoms with van der Waals surface area (Å²) in [5.41, 5.74) is 1.05. The third-order valence-electron chi connectivity index (χ3n) is 5.32. The molecule has 0 saturated heterocycles. The molecule has 154 valence electrons. The second kappa shape index (κ2) is 11.0. The van der Waals surface area contributed by atoms with Gasteiger partial charge >= 0.3 is 0 Å². The van der Waals surface area contributed by atoms with E-state index in [1.165, 1.54) is 0 Å². The summed E-state index contributed by atoms with van der Waals surface area (Å²) in [6.07, 6.45) is 1.57. The number of carbonyl (C=O) groups is 1. The molecule has 0 radical (unpaired) electrons. The van der Waals surface area contributed by atoms with Gasteiger partial charge in [-0.2, -0.15) is 0 Å². The molecule has 0 aliphatic carbocycles. The smallest absolute Gasteiger partial charge is 0.192 e. The van der Waals surface area contributed by atoms with Crippen molar-refractivity contribution in [3.8, 4) is 5.75 Å². The minimum Gasteiger partial charge on any atom is -0.497 e. The van der Waals surface area contributed by atoms with Crippen LogP contribution in [0.25, 0.3) is 0 Å². The van der Waals surface area contributed by atoms with Gasteiger partial charge in [0.05, 0.1) is 26.4 Å². The van der Waals surface area contributed by atoms with Crippen molar-refractivity contribution in [3.05, 3.63) is 29.8 Å². The Labute approximate surface area is 165 Å². The van der Waals surface area contributed by atoms with Crippen LogP contribution in [0.4, 0.5) is 0 Å². The lowest BCUT2D eigenvalue weighted by atomic mass is 10.1. The Morgan fingerprint density at radius 3 is 2.19 bits per heavy atom. The van der Waals surface area contributed by atoms with Crippen molar-refractivity contribution in [2.45, 2.75) is 70.6 Å². The number of hydrogen-bond donors (Lipinski definition) is 0. The molecule has 1 rings (SSSR count). The van der Waals surface area contributed by atoms with E-state index >= 15 is 0 Å². The zero-order valence-electron chi connectivity index (χ0n) is 17.9. The van der Waals surface area contributed by atoms with E-state index in [-0.39, 0.29) is 17.2 Å². The number of rotatable bonds is 12. The van der Waals surface area contributed by atoms with E-state index in [1.54, 1.807) is 14.2 Å². The molecule has 0 fully saturated rings. The van der Waals surface area contributed by atoms with Crippen LogP contribution in [-0.2, 0) is 25.3 Å². The SMILES string of the molecule is COc1ccc(CO[C@H](CO[Si](C)(C)C(C)(C)C)[C@H](CCC=O)OC)cc1. The predicted molar refractivity (Wildman–Crippen MR) is 111 cm³/mol. The Balaban J connectivity index is 2.80. The molecule has 0 amide bonds. The van der Waals surface area contributed by atoms with Gasteiger partial charge in [-0.05, 0) is 42.2 Å². The first-order valence-corrected chi connectivity index (χ1v) is 12.4. The first-order chi connectivity index (χ1) is 12.6. The van der Waals surface area contributed by atoms with Crippen LogP contribution in [-0.4, -0.2) is 47.6 Å². The van der Waals surface area contributed by atoms with Crippen LogP contribution in [0.1, 0.15) is 39.2 Å². The number of aldehydes is 1. The zero-order valence-corrected chi connectivity index (χ0v) is 18.9. The second-order valence-electron chi connectivity index (χ2n) is 8.29. The van der Waals surface area contributed by atoms with Crippen molar-refractivity contribution in [3.63, 3.8) is 0 Å². The van der Waals surface area contributed by atoms with Crippen molar-refractivity contribution >= 4 is 14.6 Å². The number of hydrogen-bond acceptors (Lipinski definition) is 5. The lowest BCUT2D eigenvalue weighted by Gasteiger charge is -2.38. The molecule has 0 aliphatic heterocycles. The van der Waals surface area contributed by atoms with Gasteiger partial charge in [-0.1, -0.05) is 32.9 Å². The third kappa shape index (κ3) is 7.74. The number of methoxy groups -OCH3 is 2. The summed E-state index contributed by atoms with van der Waals surface area (Å²) in [5.74, 6) is 0.817. The maximum absolute atomic E-state index is 10.8. The molecule has 0 saturated carbocycles. The van der Waals surface area contributed by atoms with E-state index in [9.17, 15) is 4.79 Å². The van der Waals surface area contributed by atoms with E-state index < -0.39 is 8.32 Å². The minimum atomic E-state index is -1.90. The summed E-state index contributed by atoms with van der Waals surface area (Å²) in [4.78, 5) is 10.8. The van der Waals surface area contributed by atoms with Gasteiger partial charge in [-0.15, -0.1) is 0 Å². The molecule has 0 spiro atoms. The minimum absolute atomic E-state index is 0.124. The summed E-state index contributed by atoms with van der Waals surface area (Å²) < 4.78 is 23.4. The summed E-state index contributed by atoms with van der Waals surface area (Å²) in [7, 11) is 1.41. The molecule has 1 aromatic rings. The van der Waals surface area contributed by atoms with Gasteiger partial charge in [0, 0.05) is 13.5 Å². The lowest BCUT2D eigenvalue weighted by Crippen LogP contribution is -2.45. The largest absolute Gasteiger partial charge is 0.497 e.